The Balaban J connectivity index is 0.986. The molecule has 0 aliphatic rings. The zero-order valence-electron chi connectivity index (χ0n) is 30.2. The van der Waals surface area contributed by atoms with E-state index >= 15 is 0 Å². The standard InChI is InChI=1S/C51H32N4O/c1-3-12-33(13-4-1)38-26-28-42-41-18-7-9-20-45(41)55(46(42)31-38)40-17-11-16-37(30-40)34-22-24-36(25-23-34)50-52-49(35-14-5-2-6-15-35)53-51(54-50)39-27-29-44-43-19-8-10-21-47(43)56-48(44)32-39/h1-32H. The first-order chi connectivity index (χ1) is 27.7. The fraction of sp³-hybridized carbons (Fsp3) is 0. The number of rotatable bonds is 6. The maximum Gasteiger partial charge on any atom is 0.164 e. The summed E-state index contributed by atoms with van der Waals surface area (Å²) < 4.78 is 8.61. The Kier molecular flexibility index (Phi) is 7.42. The van der Waals surface area contributed by atoms with E-state index in [4.69, 9.17) is 19.4 Å². The summed E-state index contributed by atoms with van der Waals surface area (Å²) in [5.41, 5.74) is 12.5. The molecule has 11 aromatic rings. The van der Waals surface area contributed by atoms with Crippen LogP contribution in [-0.2, 0) is 0 Å². The summed E-state index contributed by atoms with van der Waals surface area (Å²) in [7, 11) is 0. The Morgan fingerprint density at radius 2 is 0.804 bits per heavy atom. The van der Waals surface area contributed by atoms with Crippen LogP contribution in [0.4, 0.5) is 0 Å². The molecule has 0 saturated carbocycles. The number of fused-ring (bicyclic) bond motifs is 6. The summed E-state index contributed by atoms with van der Waals surface area (Å²) in [6, 6.07) is 67.7. The zero-order valence-corrected chi connectivity index (χ0v) is 30.2. The minimum atomic E-state index is 0.592. The second-order valence-electron chi connectivity index (χ2n) is 14.1. The summed E-state index contributed by atoms with van der Waals surface area (Å²) in [5, 5.41) is 4.63. The van der Waals surface area contributed by atoms with Gasteiger partial charge in [0.05, 0.1) is 11.0 Å². The summed E-state index contributed by atoms with van der Waals surface area (Å²) in [4.78, 5) is 15.0. The van der Waals surface area contributed by atoms with Crippen molar-refractivity contribution in [3.63, 3.8) is 0 Å². The van der Waals surface area contributed by atoms with E-state index in [1.165, 1.54) is 32.9 Å². The van der Waals surface area contributed by atoms with Gasteiger partial charge in [0.15, 0.2) is 17.5 Å². The van der Waals surface area contributed by atoms with Gasteiger partial charge in [-0.1, -0.05) is 152 Å². The molecule has 11 rings (SSSR count). The minimum Gasteiger partial charge on any atom is -0.456 e. The highest BCUT2D eigenvalue weighted by Crippen LogP contribution is 2.37. The van der Waals surface area contributed by atoms with Gasteiger partial charge in [0.2, 0.25) is 0 Å². The van der Waals surface area contributed by atoms with Crippen molar-refractivity contribution in [2.45, 2.75) is 0 Å². The molecule has 3 heterocycles. The van der Waals surface area contributed by atoms with Gasteiger partial charge in [0.1, 0.15) is 11.2 Å². The van der Waals surface area contributed by atoms with Crippen molar-refractivity contribution in [3.8, 4) is 62.1 Å². The molecular weight excluding hydrogens is 685 g/mol. The van der Waals surface area contributed by atoms with Crippen molar-refractivity contribution in [2.24, 2.45) is 0 Å². The Labute approximate surface area is 322 Å². The van der Waals surface area contributed by atoms with Crippen molar-refractivity contribution < 1.29 is 4.42 Å². The molecule has 0 N–H and O–H groups in total. The lowest BCUT2D eigenvalue weighted by atomic mass is 10.0. The lowest BCUT2D eigenvalue weighted by Gasteiger charge is -2.12. The quantitative estimate of drug-likeness (QED) is 0.172. The second kappa shape index (κ2) is 13.0. The molecule has 0 bridgehead atoms. The first kappa shape index (κ1) is 31.9. The van der Waals surface area contributed by atoms with Gasteiger partial charge in [-0.15, -0.1) is 0 Å². The largest absolute Gasteiger partial charge is 0.456 e. The van der Waals surface area contributed by atoms with Crippen LogP contribution in [0.25, 0.3) is 106 Å². The molecule has 0 aliphatic heterocycles. The van der Waals surface area contributed by atoms with E-state index in [0.29, 0.717) is 17.5 Å². The molecule has 56 heavy (non-hydrogen) atoms. The fourth-order valence-corrected chi connectivity index (χ4v) is 7.91. The van der Waals surface area contributed by atoms with Gasteiger partial charge < -0.3 is 8.98 Å². The summed E-state index contributed by atoms with van der Waals surface area (Å²) in [6.07, 6.45) is 0. The summed E-state index contributed by atoms with van der Waals surface area (Å²) >= 11 is 0. The molecular formula is C51H32N4O. The van der Waals surface area contributed by atoms with Crippen molar-refractivity contribution in [2.75, 3.05) is 0 Å². The maximum atomic E-state index is 6.22. The highest BCUT2D eigenvalue weighted by Gasteiger charge is 2.16. The molecule has 262 valence electrons. The first-order valence-electron chi connectivity index (χ1n) is 18.8. The molecule has 5 nitrogen and oxygen atoms in total. The van der Waals surface area contributed by atoms with Gasteiger partial charge in [0.25, 0.3) is 0 Å². The number of para-hydroxylation sites is 2. The third-order valence-corrected chi connectivity index (χ3v) is 10.7. The van der Waals surface area contributed by atoms with Crippen molar-refractivity contribution >= 4 is 43.7 Å². The minimum absolute atomic E-state index is 0.592. The van der Waals surface area contributed by atoms with Gasteiger partial charge in [-0.25, -0.2) is 15.0 Å². The monoisotopic (exact) mass is 716 g/mol. The average molecular weight is 717 g/mol. The molecule has 0 atom stereocenters. The average Bonchev–Trinajstić information content (AvgIpc) is 3.82. The van der Waals surface area contributed by atoms with Crippen LogP contribution < -0.4 is 0 Å². The first-order valence-corrected chi connectivity index (χ1v) is 18.8. The molecule has 8 aromatic carbocycles. The molecule has 0 radical (unpaired) electrons. The molecule has 0 unspecified atom stereocenters. The maximum absolute atomic E-state index is 6.22. The van der Waals surface area contributed by atoms with E-state index in [0.717, 1.165) is 55.4 Å². The number of hydrogen-bond donors (Lipinski definition) is 0. The van der Waals surface area contributed by atoms with E-state index in [1.807, 2.05) is 54.6 Å². The molecule has 0 fully saturated rings. The molecule has 0 spiro atoms. The number of furan rings is 1. The van der Waals surface area contributed by atoms with Crippen LogP contribution >= 0.6 is 0 Å². The van der Waals surface area contributed by atoms with Gasteiger partial charge in [-0.2, -0.15) is 0 Å². The van der Waals surface area contributed by atoms with Crippen LogP contribution in [0, 0.1) is 0 Å². The lowest BCUT2D eigenvalue weighted by molar-refractivity contribution is 0.669. The van der Waals surface area contributed by atoms with Crippen LogP contribution in [0.2, 0.25) is 0 Å². The lowest BCUT2D eigenvalue weighted by Crippen LogP contribution is -2.00. The fourth-order valence-electron chi connectivity index (χ4n) is 7.91. The van der Waals surface area contributed by atoms with Crippen LogP contribution in [0.3, 0.4) is 0 Å². The van der Waals surface area contributed by atoms with E-state index in [9.17, 15) is 0 Å². The molecule has 3 aromatic heterocycles. The Bertz CT molecular complexity index is 3240. The molecule has 5 heteroatoms. The number of benzene rings is 8. The topological polar surface area (TPSA) is 56.7 Å². The zero-order chi connectivity index (χ0) is 37.0. The van der Waals surface area contributed by atoms with E-state index in [-0.39, 0.29) is 0 Å². The third kappa shape index (κ3) is 5.45. The van der Waals surface area contributed by atoms with Gasteiger partial charge in [0, 0.05) is 43.9 Å². The van der Waals surface area contributed by atoms with Crippen LogP contribution in [0.5, 0.6) is 0 Å². The predicted molar refractivity (Wildman–Crippen MR) is 229 cm³/mol. The Hall–Kier alpha value is -7.63. The third-order valence-electron chi connectivity index (χ3n) is 10.7. The summed E-state index contributed by atoms with van der Waals surface area (Å²) in [6.45, 7) is 0. The van der Waals surface area contributed by atoms with Crippen molar-refractivity contribution in [1.29, 1.82) is 0 Å². The van der Waals surface area contributed by atoms with Gasteiger partial charge in [-0.3, -0.25) is 0 Å². The Morgan fingerprint density at radius 1 is 0.304 bits per heavy atom. The normalized spacial score (nSPS) is 11.6. The Morgan fingerprint density at radius 3 is 1.59 bits per heavy atom. The predicted octanol–water partition coefficient (Wildman–Crippen LogP) is 13.2. The second-order valence-corrected chi connectivity index (χ2v) is 14.1. The highest BCUT2D eigenvalue weighted by molar-refractivity contribution is 6.10. The van der Waals surface area contributed by atoms with Crippen LogP contribution in [0.15, 0.2) is 199 Å². The summed E-state index contributed by atoms with van der Waals surface area (Å²) in [5.74, 6) is 1.82. The number of hydrogen-bond acceptors (Lipinski definition) is 4. The van der Waals surface area contributed by atoms with E-state index in [2.05, 4.69) is 144 Å². The van der Waals surface area contributed by atoms with Crippen molar-refractivity contribution in [1.82, 2.24) is 19.5 Å². The van der Waals surface area contributed by atoms with E-state index < -0.39 is 0 Å². The number of nitrogens with zero attached hydrogens (tertiary/aromatic N) is 4. The number of aromatic nitrogens is 4. The van der Waals surface area contributed by atoms with Gasteiger partial charge in [-0.05, 0) is 64.7 Å². The molecule has 0 amide bonds. The smallest absolute Gasteiger partial charge is 0.164 e. The van der Waals surface area contributed by atoms with Crippen LogP contribution in [0.1, 0.15) is 0 Å². The molecule has 0 aliphatic carbocycles. The molecule has 0 saturated heterocycles. The van der Waals surface area contributed by atoms with Crippen LogP contribution in [-0.4, -0.2) is 19.5 Å². The highest BCUT2D eigenvalue weighted by atomic mass is 16.3. The SMILES string of the molecule is c1ccc(-c2ccc3c4ccccc4n(-c4cccc(-c5ccc(-c6nc(-c7ccccc7)nc(-c7ccc8c(c7)oc7ccccc78)n6)cc5)c4)c3c2)cc1. The van der Waals surface area contributed by atoms with Gasteiger partial charge >= 0.3 is 0 Å². The van der Waals surface area contributed by atoms with E-state index in [1.54, 1.807) is 0 Å². The van der Waals surface area contributed by atoms with Crippen molar-refractivity contribution in [3.05, 3.63) is 194 Å².